The first kappa shape index (κ1) is 13.8. The summed E-state index contributed by atoms with van der Waals surface area (Å²) in [5.74, 6) is 0.429. The summed E-state index contributed by atoms with van der Waals surface area (Å²) in [5.41, 5.74) is 2.03. The number of aryl methyl sites for hydroxylation is 1. The lowest BCUT2D eigenvalue weighted by atomic mass is 10.0. The van der Waals surface area contributed by atoms with E-state index in [1.807, 2.05) is 6.92 Å². The monoisotopic (exact) mass is 273 g/mol. The van der Waals surface area contributed by atoms with E-state index in [9.17, 15) is 10.1 Å². The van der Waals surface area contributed by atoms with Crippen LogP contribution in [0.4, 0.5) is 5.69 Å². The highest BCUT2D eigenvalue weighted by Gasteiger charge is 2.18. The molecule has 0 saturated carbocycles. The highest BCUT2D eigenvalue weighted by molar-refractivity contribution is 5.68. The van der Waals surface area contributed by atoms with Crippen LogP contribution in [0.1, 0.15) is 18.1 Å². The van der Waals surface area contributed by atoms with Crippen molar-refractivity contribution in [2.75, 3.05) is 0 Å². The molecule has 20 heavy (non-hydrogen) atoms. The third kappa shape index (κ3) is 2.85. The van der Waals surface area contributed by atoms with Crippen molar-refractivity contribution in [3.63, 3.8) is 0 Å². The predicted octanol–water partition coefficient (Wildman–Crippen LogP) is 2.94. The van der Waals surface area contributed by atoms with Crippen molar-refractivity contribution in [1.29, 1.82) is 0 Å². The van der Waals surface area contributed by atoms with E-state index in [0.717, 1.165) is 11.1 Å². The minimum absolute atomic E-state index is 0.0291. The Hall–Kier alpha value is -2.63. The van der Waals surface area contributed by atoms with Crippen molar-refractivity contribution < 1.29 is 9.66 Å². The number of nitro groups is 1. The molecule has 0 fully saturated rings. The summed E-state index contributed by atoms with van der Waals surface area (Å²) in [6, 6.07) is 6.61. The molecular formula is C14H15N3O3. The molecule has 2 aromatic rings. The van der Waals surface area contributed by atoms with Crippen LogP contribution in [0.5, 0.6) is 5.88 Å². The van der Waals surface area contributed by atoms with Gasteiger partial charge in [-0.3, -0.25) is 14.8 Å². The van der Waals surface area contributed by atoms with Crippen LogP contribution >= 0.6 is 0 Å². The van der Waals surface area contributed by atoms with Crippen LogP contribution in [-0.4, -0.2) is 14.7 Å². The number of rotatable bonds is 5. The third-order valence-corrected chi connectivity index (χ3v) is 2.86. The molecule has 0 aliphatic carbocycles. The normalized spacial score (nSPS) is 10.3. The summed E-state index contributed by atoms with van der Waals surface area (Å²) >= 11 is 0. The summed E-state index contributed by atoms with van der Waals surface area (Å²) in [7, 11) is 1.77. The minimum atomic E-state index is -0.413. The number of allylic oxidation sites excluding steroid dienone is 1. The van der Waals surface area contributed by atoms with Crippen LogP contribution in [0.15, 0.2) is 37.0 Å². The average Bonchev–Trinajstić information content (AvgIpc) is 2.81. The van der Waals surface area contributed by atoms with Gasteiger partial charge in [0.05, 0.1) is 10.5 Å². The van der Waals surface area contributed by atoms with Crippen LogP contribution in [0.25, 0.3) is 5.57 Å². The molecular weight excluding hydrogens is 258 g/mol. The standard InChI is InChI=1S/C14H15N3O3/c1-10(2)11-5-4-6-13(17(18)19)12(11)9-20-14-7-8-16(3)15-14/h4-8H,1,9H2,2-3H3. The molecule has 0 saturated heterocycles. The zero-order valence-electron chi connectivity index (χ0n) is 11.4. The maximum atomic E-state index is 11.1. The lowest BCUT2D eigenvalue weighted by molar-refractivity contribution is -0.385. The Balaban J connectivity index is 2.32. The second-order valence-corrected chi connectivity index (χ2v) is 4.46. The van der Waals surface area contributed by atoms with Gasteiger partial charge in [0.15, 0.2) is 0 Å². The molecule has 0 radical (unpaired) electrons. The van der Waals surface area contributed by atoms with E-state index in [-0.39, 0.29) is 12.3 Å². The molecule has 0 N–H and O–H groups in total. The summed E-state index contributed by atoms with van der Waals surface area (Å²) in [6.07, 6.45) is 1.74. The zero-order valence-corrected chi connectivity index (χ0v) is 11.4. The molecule has 1 heterocycles. The Labute approximate surface area is 116 Å². The van der Waals surface area contributed by atoms with Crippen molar-refractivity contribution >= 4 is 11.3 Å². The number of nitro benzene ring substituents is 1. The zero-order chi connectivity index (χ0) is 14.7. The molecule has 1 aromatic carbocycles. The average molecular weight is 273 g/mol. The number of nitrogens with zero attached hydrogens (tertiary/aromatic N) is 3. The first-order valence-corrected chi connectivity index (χ1v) is 6.03. The first-order chi connectivity index (χ1) is 9.49. The van der Waals surface area contributed by atoms with Crippen molar-refractivity contribution in [2.45, 2.75) is 13.5 Å². The van der Waals surface area contributed by atoms with Crippen LogP contribution in [0.3, 0.4) is 0 Å². The van der Waals surface area contributed by atoms with Gasteiger partial charge in [-0.25, -0.2) is 0 Å². The molecule has 0 atom stereocenters. The fourth-order valence-corrected chi connectivity index (χ4v) is 1.91. The molecule has 0 spiro atoms. The van der Waals surface area contributed by atoms with Crippen LogP contribution in [0, 0.1) is 10.1 Å². The fraction of sp³-hybridized carbons (Fsp3) is 0.214. The van der Waals surface area contributed by atoms with Crippen molar-refractivity contribution in [3.05, 3.63) is 58.3 Å². The number of ether oxygens (including phenoxy) is 1. The molecule has 1 aromatic heterocycles. The van der Waals surface area contributed by atoms with Crippen molar-refractivity contribution in [3.8, 4) is 5.88 Å². The maximum Gasteiger partial charge on any atom is 0.276 e. The van der Waals surface area contributed by atoms with E-state index in [0.29, 0.717) is 11.4 Å². The van der Waals surface area contributed by atoms with Gasteiger partial charge in [-0.05, 0) is 12.5 Å². The van der Waals surface area contributed by atoms with Gasteiger partial charge in [0.1, 0.15) is 6.61 Å². The molecule has 0 amide bonds. The largest absolute Gasteiger partial charge is 0.471 e. The van der Waals surface area contributed by atoms with Gasteiger partial charge >= 0.3 is 0 Å². The summed E-state index contributed by atoms with van der Waals surface area (Å²) in [4.78, 5) is 10.7. The molecule has 0 aliphatic heterocycles. The number of benzene rings is 1. The Kier molecular flexibility index (Phi) is 3.84. The van der Waals surface area contributed by atoms with Crippen molar-refractivity contribution in [2.24, 2.45) is 7.05 Å². The van der Waals surface area contributed by atoms with E-state index in [1.54, 1.807) is 36.1 Å². The SMILES string of the molecule is C=C(C)c1cccc([N+](=O)[O-])c1COc1ccn(C)n1. The van der Waals surface area contributed by atoms with Crippen LogP contribution in [0.2, 0.25) is 0 Å². The quantitative estimate of drug-likeness (QED) is 0.620. The number of hydrogen-bond acceptors (Lipinski definition) is 4. The fourth-order valence-electron chi connectivity index (χ4n) is 1.91. The summed E-state index contributed by atoms with van der Waals surface area (Å²) in [5, 5.41) is 15.2. The van der Waals surface area contributed by atoms with Gasteiger partial charge in [0.2, 0.25) is 5.88 Å². The lowest BCUT2D eigenvalue weighted by Gasteiger charge is -2.10. The predicted molar refractivity (Wildman–Crippen MR) is 75.3 cm³/mol. The lowest BCUT2D eigenvalue weighted by Crippen LogP contribution is -2.04. The topological polar surface area (TPSA) is 70.2 Å². The second-order valence-electron chi connectivity index (χ2n) is 4.46. The number of aromatic nitrogens is 2. The van der Waals surface area contributed by atoms with E-state index in [4.69, 9.17) is 4.74 Å². The van der Waals surface area contributed by atoms with E-state index >= 15 is 0 Å². The van der Waals surface area contributed by atoms with E-state index in [2.05, 4.69) is 11.7 Å². The van der Waals surface area contributed by atoms with E-state index < -0.39 is 4.92 Å². The van der Waals surface area contributed by atoms with Gasteiger partial charge in [-0.2, -0.15) is 0 Å². The summed E-state index contributed by atoms with van der Waals surface area (Å²) < 4.78 is 7.12. The smallest absolute Gasteiger partial charge is 0.276 e. The van der Waals surface area contributed by atoms with Crippen LogP contribution in [-0.2, 0) is 13.7 Å². The van der Waals surface area contributed by atoms with Crippen molar-refractivity contribution in [1.82, 2.24) is 9.78 Å². The molecule has 104 valence electrons. The second kappa shape index (κ2) is 5.56. The molecule has 2 rings (SSSR count). The first-order valence-electron chi connectivity index (χ1n) is 6.03. The van der Waals surface area contributed by atoms with Gasteiger partial charge in [-0.1, -0.05) is 24.3 Å². The Morgan fingerprint density at radius 2 is 2.25 bits per heavy atom. The molecule has 0 unspecified atom stereocenters. The molecule has 0 bridgehead atoms. The molecule has 0 aliphatic rings. The van der Waals surface area contributed by atoms with Gasteiger partial charge < -0.3 is 4.74 Å². The maximum absolute atomic E-state index is 11.1. The number of hydrogen-bond donors (Lipinski definition) is 0. The molecule has 6 nitrogen and oxygen atoms in total. The minimum Gasteiger partial charge on any atom is -0.471 e. The Bertz CT molecular complexity index is 629. The van der Waals surface area contributed by atoms with Gasteiger partial charge in [0, 0.05) is 25.4 Å². The van der Waals surface area contributed by atoms with E-state index in [1.165, 1.54) is 6.07 Å². The highest BCUT2D eigenvalue weighted by Crippen LogP contribution is 2.27. The highest BCUT2D eigenvalue weighted by atomic mass is 16.6. The third-order valence-electron chi connectivity index (χ3n) is 2.86. The Morgan fingerprint density at radius 1 is 1.50 bits per heavy atom. The summed E-state index contributed by atoms with van der Waals surface area (Å²) in [6.45, 7) is 5.74. The van der Waals surface area contributed by atoms with Gasteiger partial charge in [-0.15, -0.1) is 5.10 Å². The molecule has 6 heteroatoms. The Morgan fingerprint density at radius 3 is 2.80 bits per heavy atom. The van der Waals surface area contributed by atoms with Gasteiger partial charge in [0.25, 0.3) is 5.69 Å². The van der Waals surface area contributed by atoms with Crippen LogP contribution < -0.4 is 4.74 Å².